The molecule has 2 aromatic carbocycles. The fraction of sp³-hybridized carbons (Fsp3) is 0.357. The maximum Gasteiger partial charge on any atom is 0.162 e. The minimum absolute atomic E-state index is 0.443. The number of pyridine rings is 1. The van der Waals surface area contributed by atoms with Gasteiger partial charge < -0.3 is 20.1 Å². The Morgan fingerprint density at radius 3 is 2.49 bits per heavy atom. The zero-order valence-corrected chi connectivity index (χ0v) is 22.1. The van der Waals surface area contributed by atoms with Gasteiger partial charge in [0.15, 0.2) is 11.5 Å². The third-order valence-corrected chi connectivity index (χ3v) is 7.42. The number of piperazine rings is 1. The summed E-state index contributed by atoms with van der Waals surface area (Å²) in [4.78, 5) is 9.14. The van der Waals surface area contributed by atoms with Crippen molar-refractivity contribution in [1.29, 1.82) is 0 Å². The number of fused-ring (bicyclic) bond motifs is 1. The van der Waals surface area contributed by atoms with E-state index < -0.39 is 0 Å². The normalized spacial score (nSPS) is 14.3. The van der Waals surface area contributed by atoms with Gasteiger partial charge in [0.05, 0.1) is 32.0 Å². The van der Waals surface area contributed by atoms with E-state index >= 15 is 0 Å². The van der Waals surface area contributed by atoms with E-state index in [0.29, 0.717) is 24.6 Å². The number of hydrogen-bond donors (Lipinski definition) is 1. The number of aromatic nitrogens is 3. The van der Waals surface area contributed by atoms with Gasteiger partial charge in [-0.25, -0.2) is 0 Å². The maximum absolute atomic E-state index is 6.39. The number of hydrogen-bond acceptors (Lipinski definition) is 7. The summed E-state index contributed by atoms with van der Waals surface area (Å²) in [6.07, 6.45) is 4.51. The smallest absolute Gasteiger partial charge is 0.162 e. The molecule has 1 aliphatic heterocycles. The molecular formula is C28H33ClN6O2. The van der Waals surface area contributed by atoms with E-state index in [1.165, 1.54) is 0 Å². The zero-order valence-electron chi connectivity index (χ0n) is 21.4. The third-order valence-electron chi connectivity index (χ3n) is 7.06. The molecule has 5 rings (SSSR count). The van der Waals surface area contributed by atoms with Crippen LogP contribution in [-0.4, -0.2) is 66.6 Å². The molecule has 2 N–H and O–H groups in total. The van der Waals surface area contributed by atoms with Crippen molar-refractivity contribution in [3.05, 3.63) is 76.7 Å². The molecule has 4 aromatic rings. The Balaban J connectivity index is 1.32. The van der Waals surface area contributed by atoms with E-state index in [1.807, 2.05) is 41.2 Å². The first-order valence-corrected chi connectivity index (χ1v) is 12.9. The lowest BCUT2D eigenvalue weighted by atomic mass is 10.1. The minimum Gasteiger partial charge on any atom is -0.493 e. The van der Waals surface area contributed by atoms with Crippen LogP contribution in [0.25, 0.3) is 10.9 Å². The van der Waals surface area contributed by atoms with Crippen LogP contribution in [-0.2, 0) is 19.5 Å². The minimum atomic E-state index is 0.443. The number of ether oxygens (including phenoxy) is 2. The number of rotatable bonds is 9. The van der Waals surface area contributed by atoms with Crippen LogP contribution in [0.3, 0.4) is 0 Å². The summed E-state index contributed by atoms with van der Waals surface area (Å²) in [6.45, 7) is 5.84. The SMILES string of the molecule is COc1cc2c(CCN3CCN(c4cccc(Cl)c4CN)CC3)nn(Cc3cccnc3)c2cc1OC. The van der Waals surface area contributed by atoms with E-state index in [1.54, 1.807) is 20.4 Å². The lowest BCUT2D eigenvalue weighted by molar-refractivity contribution is 0.260. The van der Waals surface area contributed by atoms with Gasteiger partial charge in [0, 0.05) is 85.8 Å². The average molecular weight is 521 g/mol. The van der Waals surface area contributed by atoms with E-state index in [-0.39, 0.29) is 0 Å². The summed E-state index contributed by atoms with van der Waals surface area (Å²) in [6, 6.07) is 14.1. The monoisotopic (exact) mass is 520 g/mol. The first-order valence-electron chi connectivity index (χ1n) is 12.6. The van der Waals surface area contributed by atoms with Gasteiger partial charge in [-0.05, 0) is 29.8 Å². The molecular weight excluding hydrogens is 488 g/mol. The van der Waals surface area contributed by atoms with Crippen molar-refractivity contribution >= 4 is 28.2 Å². The summed E-state index contributed by atoms with van der Waals surface area (Å²) < 4.78 is 13.2. The van der Waals surface area contributed by atoms with E-state index in [9.17, 15) is 0 Å². The molecule has 8 nitrogen and oxygen atoms in total. The van der Waals surface area contributed by atoms with Gasteiger partial charge in [0.1, 0.15) is 0 Å². The Labute approximate surface area is 222 Å². The first-order chi connectivity index (χ1) is 18.1. The molecule has 0 amide bonds. The molecule has 194 valence electrons. The number of nitrogens with zero attached hydrogens (tertiary/aromatic N) is 5. The van der Waals surface area contributed by atoms with Crippen molar-refractivity contribution in [3.8, 4) is 11.5 Å². The van der Waals surface area contributed by atoms with E-state index in [4.69, 9.17) is 31.9 Å². The Bertz CT molecular complexity index is 1350. The molecule has 0 unspecified atom stereocenters. The fourth-order valence-corrected chi connectivity index (χ4v) is 5.30. The van der Waals surface area contributed by atoms with Crippen molar-refractivity contribution in [2.24, 2.45) is 5.73 Å². The second-order valence-electron chi connectivity index (χ2n) is 9.21. The van der Waals surface area contributed by atoms with Crippen LogP contribution in [0.2, 0.25) is 5.02 Å². The molecule has 0 saturated carbocycles. The third kappa shape index (κ3) is 5.37. The van der Waals surface area contributed by atoms with Gasteiger partial charge in [0.2, 0.25) is 0 Å². The molecule has 1 fully saturated rings. The highest BCUT2D eigenvalue weighted by atomic mass is 35.5. The molecule has 1 aliphatic rings. The highest BCUT2D eigenvalue weighted by molar-refractivity contribution is 6.31. The predicted octanol–water partition coefficient (Wildman–Crippen LogP) is 3.97. The quantitative estimate of drug-likeness (QED) is 0.357. The Hall–Kier alpha value is -3.33. The summed E-state index contributed by atoms with van der Waals surface area (Å²) in [5.74, 6) is 1.41. The van der Waals surface area contributed by atoms with Crippen molar-refractivity contribution in [1.82, 2.24) is 19.7 Å². The highest BCUT2D eigenvalue weighted by Gasteiger charge is 2.21. The average Bonchev–Trinajstić information content (AvgIpc) is 3.27. The number of benzene rings is 2. The highest BCUT2D eigenvalue weighted by Crippen LogP contribution is 2.34. The molecule has 0 aliphatic carbocycles. The Morgan fingerprint density at radius 2 is 1.78 bits per heavy atom. The second-order valence-corrected chi connectivity index (χ2v) is 9.62. The molecule has 9 heteroatoms. The molecule has 37 heavy (non-hydrogen) atoms. The van der Waals surface area contributed by atoms with Gasteiger partial charge in [-0.1, -0.05) is 23.7 Å². The lowest BCUT2D eigenvalue weighted by Crippen LogP contribution is -2.47. The zero-order chi connectivity index (χ0) is 25.8. The van der Waals surface area contributed by atoms with E-state index in [2.05, 4.69) is 26.9 Å². The maximum atomic E-state index is 6.39. The standard InChI is InChI=1S/C28H33ClN6O2/c1-36-27-15-21-24(32-35(26(21)16-28(27)37-2)19-20-5-4-9-31-18-20)8-10-33-11-13-34(14-12-33)25-7-3-6-23(29)22(25)17-30/h3-7,9,15-16,18H,8,10-14,17,19,30H2,1-2H3. The predicted molar refractivity (Wildman–Crippen MR) is 148 cm³/mol. The molecule has 0 atom stereocenters. The van der Waals surface area contributed by atoms with E-state index in [0.717, 1.165) is 77.6 Å². The Kier molecular flexibility index (Phi) is 7.79. The van der Waals surface area contributed by atoms with Crippen LogP contribution in [0.1, 0.15) is 16.8 Å². The van der Waals surface area contributed by atoms with Crippen LogP contribution in [0.4, 0.5) is 5.69 Å². The number of nitrogens with two attached hydrogens (primary N) is 1. The molecule has 2 aromatic heterocycles. The number of halogens is 1. The van der Waals surface area contributed by atoms with Crippen molar-refractivity contribution in [2.75, 3.05) is 51.8 Å². The Morgan fingerprint density at radius 1 is 1.00 bits per heavy atom. The second kappa shape index (κ2) is 11.4. The fourth-order valence-electron chi connectivity index (χ4n) is 5.06. The summed E-state index contributed by atoms with van der Waals surface area (Å²) in [5.41, 5.74) is 11.3. The molecule has 3 heterocycles. The summed E-state index contributed by atoms with van der Waals surface area (Å²) >= 11 is 6.39. The number of anilines is 1. The van der Waals surface area contributed by atoms with Crippen LogP contribution >= 0.6 is 11.6 Å². The lowest BCUT2D eigenvalue weighted by Gasteiger charge is -2.37. The van der Waals surface area contributed by atoms with Crippen molar-refractivity contribution in [3.63, 3.8) is 0 Å². The van der Waals surface area contributed by atoms with Gasteiger partial charge in [0.25, 0.3) is 0 Å². The van der Waals surface area contributed by atoms with Crippen LogP contribution in [0, 0.1) is 0 Å². The molecule has 1 saturated heterocycles. The van der Waals surface area contributed by atoms with Crippen LogP contribution in [0.15, 0.2) is 54.9 Å². The molecule has 0 spiro atoms. The van der Waals surface area contributed by atoms with Crippen molar-refractivity contribution < 1.29 is 9.47 Å². The van der Waals surface area contributed by atoms with Gasteiger partial charge in [-0.15, -0.1) is 0 Å². The summed E-state index contributed by atoms with van der Waals surface area (Å²) in [5, 5.41) is 6.86. The summed E-state index contributed by atoms with van der Waals surface area (Å²) in [7, 11) is 3.32. The molecule has 0 bridgehead atoms. The number of methoxy groups -OCH3 is 2. The first kappa shape index (κ1) is 25.3. The van der Waals surface area contributed by atoms with Crippen molar-refractivity contribution in [2.45, 2.75) is 19.5 Å². The topological polar surface area (TPSA) is 81.7 Å². The van der Waals surface area contributed by atoms with Crippen LogP contribution < -0.4 is 20.1 Å². The van der Waals surface area contributed by atoms with Crippen LogP contribution in [0.5, 0.6) is 11.5 Å². The van der Waals surface area contributed by atoms with Gasteiger partial charge in [-0.2, -0.15) is 5.10 Å². The molecule has 0 radical (unpaired) electrons. The largest absolute Gasteiger partial charge is 0.493 e. The van der Waals surface area contributed by atoms with Gasteiger partial charge in [-0.3, -0.25) is 14.6 Å². The van der Waals surface area contributed by atoms with Gasteiger partial charge >= 0.3 is 0 Å².